The zero-order valence-corrected chi connectivity index (χ0v) is 13.2. The molecule has 23 heavy (non-hydrogen) atoms. The fourth-order valence-electron chi connectivity index (χ4n) is 2.53. The number of rotatable bonds is 4. The molecule has 0 spiro atoms. The number of aromatic amines is 2. The third-order valence-electron chi connectivity index (χ3n) is 3.48. The number of aromatic nitrogens is 2. The number of anilines is 1. The monoisotopic (exact) mass is 336 g/mol. The number of pyridine rings is 1. The Kier molecular flexibility index (Phi) is 4.63. The SMILES string of the molecule is C[C@@H](N)CNc1c(C(=O)O)[nH]c2ccc3[nH]c(=O)ccc3c12.Cl. The molecule has 6 N–H and O–H groups in total. The first-order valence-corrected chi connectivity index (χ1v) is 6.88. The molecule has 0 aliphatic carbocycles. The van der Waals surface area contributed by atoms with E-state index >= 15 is 0 Å². The summed E-state index contributed by atoms with van der Waals surface area (Å²) in [6.07, 6.45) is 0. The van der Waals surface area contributed by atoms with Crippen LogP contribution in [-0.4, -0.2) is 33.6 Å². The van der Waals surface area contributed by atoms with E-state index in [1.54, 1.807) is 18.2 Å². The third-order valence-corrected chi connectivity index (χ3v) is 3.48. The van der Waals surface area contributed by atoms with E-state index in [1.807, 2.05) is 6.92 Å². The van der Waals surface area contributed by atoms with E-state index in [0.29, 0.717) is 23.3 Å². The predicted octanol–water partition coefficient (Wildman–Crippen LogP) is 1.89. The largest absolute Gasteiger partial charge is 0.477 e. The molecule has 0 radical (unpaired) electrons. The molecular formula is C15H17ClN4O3. The molecular weight excluding hydrogens is 320 g/mol. The van der Waals surface area contributed by atoms with Crippen LogP contribution in [0.25, 0.3) is 21.8 Å². The van der Waals surface area contributed by atoms with Crippen LogP contribution in [0.2, 0.25) is 0 Å². The van der Waals surface area contributed by atoms with Gasteiger partial charge in [-0.2, -0.15) is 0 Å². The minimum Gasteiger partial charge on any atom is -0.477 e. The Morgan fingerprint density at radius 1 is 1.26 bits per heavy atom. The number of aromatic carboxylic acids is 1. The molecule has 0 unspecified atom stereocenters. The second-order valence-electron chi connectivity index (χ2n) is 5.31. The molecule has 3 aromatic rings. The van der Waals surface area contributed by atoms with Crippen molar-refractivity contribution >= 4 is 45.9 Å². The van der Waals surface area contributed by atoms with Crippen molar-refractivity contribution in [3.63, 3.8) is 0 Å². The van der Waals surface area contributed by atoms with Crippen LogP contribution < -0.4 is 16.6 Å². The van der Waals surface area contributed by atoms with Gasteiger partial charge in [-0.25, -0.2) is 4.79 Å². The molecule has 1 atom stereocenters. The smallest absolute Gasteiger partial charge is 0.354 e. The summed E-state index contributed by atoms with van der Waals surface area (Å²) in [4.78, 5) is 28.6. The van der Waals surface area contributed by atoms with E-state index in [0.717, 1.165) is 10.8 Å². The highest BCUT2D eigenvalue weighted by Crippen LogP contribution is 2.33. The molecule has 0 saturated carbocycles. The van der Waals surface area contributed by atoms with E-state index in [-0.39, 0.29) is 29.7 Å². The van der Waals surface area contributed by atoms with Gasteiger partial charge in [0.1, 0.15) is 5.69 Å². The predicted molar refractivity (Wildman–Crippen MR) is 92.8 cm³/mol. The Hall–Kier alpha value is -2.51. The van der Waals surface area contributed by atoms with Gasteiger partial charge in [-0.1, -0.05) is 0 Å². The highest BCUT2D eigenvalue weighted by atomic mass is 35.5. The zero-order valence-electron chi connectivity index (χ0n) is 12.3. The van der Waals surface area contributed by atoms with Gasteiger partial charge in [-0.05, 0) is 25.1 Å². The van der Waals surface area contributed by atoms with Gasteiger partial charge >= 0.3 is 5.97 Å². The van der Waals surface area contributed by atoms with Crippen molar-refractivity contribution in [1.29, 1.82) is 0 Å². The Morgan fingerprint density at radius 3 is 2.61 bits per heavy atom. The summed E-state index contributed by atoms with van der Waals surface area (Å²) in [6.45, 7) is 2.27. The minimum atomic E-state index is -1.05. The van der Waals surface area contributed by atoms with Gasteiger partial charge in [0.2, 0.25) is 5.56 Å². The number of halogens is 1. The molecule has 7 nitrogen and oxygen atoms in total. The lowest BCUT2D eigenvalue weighted by Gasteiger charge is -2.10. The van der Waals surface area contributed by atoms with Gasteiger partial charge in [0, 0.05) is 40.5 Å². The second-order valence-corrected chi connectivity index (χ2v) is 5.31. The number of carboxylic acids is 1. The average Bonchev–Trinajstić information content (AvgIpc) is 2.83. The fraction of sp³-hybridized carbons (Fsp3) is 0.200. The Morgan fingerprint density at radius 2 is 1.96 bits per heavy atom. The van der Waals surface area contributed by atoms with Crippen molar-refractivity contribution in [3.8, 4) is 0 Å². The maximum Gasteiger partial charge on any atom is 0.354 e. The lowest BCUT2D eigenvalue weighted by Crippen LogP contribution is -2.25. The van der Waals surface area contributed by atoms with Crippen LogP contribution in [-0.2, 0) is 0 Å². The molecule has 0 aliphatic rings. The first-order chi connectivity index (χ1) is 10.5. The zero-order chi connectivity index (χ0) is 15.9. The number of carbonyl (C=O) groups is 1. The Balaban J connectivity index is 0.00000192. The van der Waals surface area contributed by atoms with E-state index in [1.165, 1.54) is 6.07 Å². The molecule has 0 saturated heterocycles. The summed E-state index contributed by atoms with van der Waals surface area (Å²) in [6, 6.07) is 6.48. The number of H-pyrrole nitrogens is 2. The fourth-order valence-corrected chi connectivity index (χ4v) is 2.53. The average molecular weight is 337 g/mol. The van der Waals surface area contributed by atoms with E-state index in [9.17, 15) is 14.7 Å². The number of nitrogens with one attached hydrogen (secondary N) is 3. The van der Waals surface area contributed by atoms with Gasteiger partial charge in [0.05, 0.1) is 5.69 Å². The van der Waals surface area contributed by atoms with Crippen molar-refractivity contribution in [2.24, 2.45) is 5.73 Å². The molecule has 0 fully saturated rings. The minimum absolute atomic E-state index is 0. The molecule has 2 heterocycles. The van der Waals surface area contributed by atoms with E-state index < -0.39 is 5.97 Å². The van der Waals surface area contributed by atoms with Crippen LogP contribution >= 0.6 is 12.4 Å². The molecule has 0 aliphatic heterocycles. The molecule has 8 heteroatoms. The Labute approximate surface area is 137 Å². The van der Waals surface area contributed by atoms with Crippen molar-refractivity contribution < 1.29 is 9.90 Å². The van der Waals surface area contributed by atoms with Crippen LogP contribution in [0.1, 0.15) is 17.4 Å². The standard InChI is InChI=1S/C15H16N4O3.ClH/c1-7(16)6-17-13-12-8-2-5-11(20)18-9(8)3-4-10(12)19-14(13)15(21)22;/h2-5,7,17,19H,6,16H2,1H3,(H,18,20)(H,21,22);1H/t7-;/m1./s1. The molecule has 122 valence electrons. The van der Waals surface area contributed by atoms with Crippen molar-refractivity contribution in [3.05, 3.63) is 40.3 Å². The molecule has 2 aromatic heterocycles. The number of hydrogen-bond acceptors (Lipinski definition) is 4. The van der Waals surface area contributed by atoms with Crippen molar-refractivity contribution in [2.45, 2.75) is 13.0 Å². The second kappa shape index (κ2) is 6.31. The molecule has 0 amide bonds. The van der Waals surface area contributed by atoms with E-state index in [2.05, 4.69) is 15.3 Å². The molecule has 3 rings (SSSR count). The van der Waals surface area contributed by atoms with E-state index in [4.69, 9.17) is 5.73 Å². The summed E-state index contributed by atoms with van der Waals surface area (Å²) in [5.74, 6) is -1.05. The lowest BCUT2D eigenvalue weighted by molar-refractivity contribution is 0.0692. The summed E-state index contributed by atoms with van der Waals surface area (Å²) < 4.78 is 0. The van der Waals surface area contributed by atoms with Crippen molar-refractivity contribution in [1.82, 2.24) is 9.97 Å². The first kappa shape index (κ1) is 16.9. The Bertz CT molecular complexity index is 930. The van der Waals surface area contributed by atoms with Gasteiger partial charge in [-0.15, -0.1) is 12.4 Å². The highest BCUT2D eigenvalue weighted by Gasteiger charge is 2.19. The first-order valence-electron chi connectivity index (χ1n) is 6.88. The maximum atomic E-state index is 11.5. The number of hydrogen-bond donors (Lipinski definition) is 5. The highest BCUT2D eigenvalue weighted by molar-refractivity contribution is 6.16. The van der Waals surface area contributed by atoms with Crippen LogP contribution in [0, 0.1) is 0 Å². The number of carboxylic acid groups (broad SMARTS) is 1. The number of benzene rings is 1. The number of nitrogens with two attached hydrogens (primary N) is 1. The van der Waals surface area contributed by atoms with Crippen LogP contribution in [0.5, 0.6) is 0 Å². The summed E-state index contributed by atoms with van der Waals surface area (Å²) in [7, 11) is 0. The summed E-state index contributed by atoms with van der Waals surface area (Å²) >= 11 is 0. The third kappa shape index (κ3) is 3.01. The molecule has 0 bridgehead atoms. The molecule has 1 aromatic carbocycles. The lowest BCUT2D eigenvalue weighted by atomic mass is 10.1. The van der Waals surface area contributed by atoms with Crippen molar-refractivity contribution in [2.75, 3.05) is 11.9 Å². The van der Waals surface area contributed by atoms with Crippen LogP contribution in [0.3, 0.4) is 0 Å². The quantitative estimate of drug-likeness (QED) is 0.497. The normalized spacial score (nSPS) is 12.1. The van der Waals surface area contributed by atoms with Gasteiger partial charge in [0.25, 0.3) is 0 Å². The topological polar surface area (TPSA) is 124 Å². The van der Waals surface area contributed by atoms with Crippen LogP contribution in [0.4, 0.5) is 5.69 Å². The summed E-state index contributed by atoms with van der Waals surface area (Å²) in [5, 5.41) is 14.0. The van der Waals surface area contributed by atoms with Gasteiger partial charge in [-0.3, -0.25) is 4.79 Å². The number of fused-ring (bicyclic) bond motifs is 3. The van der Waals surface area contributed by atoms with Gasteiger partial charge < -0.3 is 26.1 Å². The summed E-state index contributed by atoms with van der Waals surface area (Å²) in [5.41, 5.74) is 7.44. The van der Waals surface area contributed by atoms with Crippen LogP contribution in [0.15, 0.2) is 29.1 Å². The maximum absolute atomic E-state index is 11.5. The van der Waals surface area contributed by atoms with Gasteiger partial charge in [0.15, 0.2) is 0 Å².